The second-order valence-corrected chi connectivity index (χ2v) is 5.19. The summed E-state index contributed by atoms with van der Waals surface area (Å²) in [7, 11) is 1.77. The summed E-state index contributed by atoms with van der Waals surface area (Å²) in [6.07, 6.45) is 1.71. The van der Waals surface area contributed by atoms with Gasteiger partial charge in [-0.1, -0.05) is 13.0 Å². The summed E-state index contributed by atoms with van der Waals surface area (Å²) in [6.45, 7) is 3.79. The standard InChI is InChI=1S/C14H20N2O2/c1-14(6-8-15-9-7-14)13(18)16(2)11-4-3-5-12(17)10-11/h3-5,10,15,17H,6-9H2,1-2H3. The van der Waals surface area contributed by atoms with E-state index in [2.05, 4.69) is 5.32 Å². The zero-order valence-electron chi connectivity index (χ0n) is 10.9. The predicted octanol–water partition coefficient (Wildman–Crippen LogP) is 1.74. The van der Waals surface area contributed by atoms with Crippen LogP contribution in [0.2, 0.25) is 0 Å². The molecule has 98 valence electrons. The number of carbonyl (C=O) groups excluding carboxylic acids is 1. The van der Waals surface area contributed by atoms with Crippen LogP contribution >= 0.6 is 0 Å². The van der Waals surface area contributed by atoms with Crippen LogP contribution in [0.25, 0.3) is 0 Å². The maximum atomic E-state index is 12.5. The maximum absolute atomic E-state index is 12.5. The predicted molar refractivity (Wildman–Crippen MR) is 71.7 cm³/mol. The van der Waals surface area contributed by atoms with E-state index in [4.69, 9.17) is 0 Å². The molecule has 0 saturated carbocycles. The van der Waals surface area contributed by atoms with E-state index in [0.29, 0.717) is 0 Å². The van der Waals surface area contributed by atoms with Crippen molar-refractivity contribution in [1.29, 1.82) is 0 Å². The number of piperidine rings is 1. The number of phenols is 1. The summed E-state index contributed by atoms with van der Waals surface area (Å²) >= 11 is 0. The van der Waals surface area contributed by atoms with Crippen LogP contribution in [-0.2, 0) is 4.79 Å². The molecule has 0 atom stereocenters. The lowest BCUT2D eigenvalue weighted by molar-refractivity contribution is -0.128. The van der Waals surface area contributed by atoms with Crippen LogP contribution < -0.4 is 10.2 Å². The highest BCUT2D eigenvalue weighted by Crippen LogP contribution is 2.32. The van der Waals surface area contributed by atoms with E-state index in [-0.39, 0.29) is 17.1 Å². The number of carbonyl (C=O) groups is 1. The van der Waals surface area contributed by atoms with E-state index in [1.807, 2.05) is 13.0 Å². The zero-order chi connectivity index (χ0) is 13.2. The van der Waals surface area contributed by atoms with Gasteiger partial charge in [-0.3, -0.25) is 4.79 Å². The lowest BCUT2D eigenvalue weighted by Gasteiger charge is -2.36. The SMILES string of the molecule is CN(C(=O)C1(C)CCNCC1)c1cccc(O)c1. The average Bonchev–Trinajstić information content (AvgIpc) is 2.38. The van der Waals surface area contributed by atoms with Gasteiger partial charge in [-0.15, -0.1) is 0 Å². The third-order valence-corrected chi connectivity index (χ3v) is 3.75. The monoisotopic (exact) mass is 248 g/mol. The number of hydrogen-bond acceptors (Lipinski definition) is 3. The van der Waals surface area contributed by atoms with Crippen LogP contribution in [-0.4, -0.2) is 31.2 Å². The quantitative estimate of drug-likeness (QED) is 0.838. The zero-order valence-corrected chi connectivity index (χ0v) is 10.9. The summed E-state index contributed by atoms with van der Waals surface area (Å²) in [5.74, 6) is 0.303. The molecule has 18 heavy (non-hydrogen) atoms. The number of amides is 1. The number of nitrogens with one attached hydrogen (secondary N) is 1. The van der Waals surface area contributed by atoms with Crippen LogP contribution in [0.15, 0.2) is 24.3 Å². The molecule has 1 aliphatic heterocycles. The molecule has 0 bridgehead atoms. The van der Waals surface area contributed by atoms with Crippen LogP contribution in [0.1, 0.15) is 19.8 Å². The van der Waals surface area contributed by atoms with Crippen molar-refractivity contribution in [1.82, 2.24) is 5.32 Å². The van der Waals surface area contributed by atoms with Gasteiger partial charge in [-0.2, -0.15) is 0 Å². The molecule has 4 nitrogen and oxygen atoms in total. The minimum absolute atomic E-state index is 0.120. The van der Waals surface area contributed by atoms with Gasteiger partial charge < -0.3 is 15.3 Å². The van der Waals surface area contributed by atoms with E-state index in [1.54, 1.807) is 30.1 Å². The number of anilines is 1. The number of aromatic hydroxyl groups is 1. The lowest BCUT2D eigenvalue weighted by Crippen LogP contribution is -2.46. The van der Waals surface area contributed by atoms with E-state index in [0.717, 1.165) is 31.6 Å². The summed E-state index contributed by atoms with van der Waals surface area (Å²) in [5, 5.41) is 12.7. The Hall–Kier alpha value is -1.55. The minimum atomic E-state index is -0.300. The summed E-state index contributed by atoms with van der Waals surface area (Å²) in [6, 6.07) is 6.80. The molecule has 1 heterocycles. The lowest BCUT2D eigenvalue weighted by atomic mass is 9.79. The van der Waals surface area contributed by atoms with Crippen LogP contribution in [0, 0.1) is 5.41 Å². The fourth-order valence-electron chi connectivity index (χ4n) is 2.42. The number of phenolic OH excluding ortho intramolecular Hbond substituents is 1. The number of benzene rings is 1. The van der Waals surface area contributed by atoms with Gasteiger partial charge in [0.2, 0.25) is 5.91 Å². The summed E-state index contributed by atoms with van der Waals surface area (Å²) in [5.41, 5.74) is 0.436. The van der Waals surface area contributed by atoms with Crippen molar-refractivity contribution in [3.05, 3.63) is 24.3 Å². The van der Waals surface area contributed by atoms with Crippen LogP contribution in [0.3, 0.4) is 0 Å². The van der Waals surface area contributed by atoms with Gasteiger partial charge in [0.1, 0.15) is 5.75 Å². The van der Waals surface area contributed by atoms with Gasteiger partial charge in [0.25, 0.3) is 0 Å². The third kappa shape index (κ3) is 2.48. The molecule has 0 spiro atoms. The molecule has 1 fully saturated rings. The molecular weight excluding hydrogens is 228 g/mol. The van der Waals surface area contributed by atoms with Crippen molar-refractivity contribution in [2.24, 2.45) is 5.41 Å². The number of hydrogen-bond donors (Lipinski definition) is 2. The van der Waals surface area contributed by atoms with Gasteiger partial charge in [0.15, 0.2) is 0 Å². The van der Waals surface area contributed by atoms with Gasteiger partial charge in [-0.25, -0.2) is 0 Å². The van der Waals surface area contributed by atoms with Crippen LogP contribution in [0.4, 0.5) is 5.69 Å². The molecule has 1 aromatic rings. The van der Waals surface area contributed by atoms with Crippen molar-refractivity contribution in [2.75, 3.05) is 25.0 Å². The Morgan fingerprint density at radius 2 is 2.06 bits per heavy atom. The van der Waals surface area contributed by atoms with Gasteiger partial charge in [-0.05, 0) is 38.1 Å². The first-order valence-electron chi connectivity index (χ1n) is 6.31. The summed E-state index contributed by atoms with van der Waals surface area (Å²) in [4.78, 5) is 14.2. The van der Waals surface area contributed by atoms with E-state index >= 15 is 0 Å². The van der Waals surface area contributed by atoms with Gasteiger partial charge >= 0.3 is 0 Å². The highest BCUT2D eigenvalue weighted by atomic mass is 16.3. The Labute approximate surface area is 108 Å². The Bertz CT molecular complexity index is 439. The first kappa shape index (κ1) is 12.9. The largest absolute Gasteiger partial charge is 0.508 e. The first-order valence-corrected chi connectivity index (χ1v) is 6.31. The fourth-order valence-corrected chi connectivity index (χ4v) is 2.42. The Kier molecular flexibility index (Phi) is 3.57. The topological polar surface area (TPSA) is 52.6 Å². The molecule has 0 radical (unpaired) electrons. The number of nitrogens with zero attached hydrogens (tertiary/aromatic N) is 1. The Balaban J connectivity index is 2.17. The van der Waals surface area contributed by atoms with E-state index in [9.17, 15) is 9.90 Å². The molecule has 0 aliphatic carbocycles. The highest BCUT2D eigenvalue weighted by molar-refractivity contribution is 5.97. The molecule has 4 heteroatoms. The molecule has 1 aromatic carbocycles. The summed E-state index contributed by atoms with van der Waals surface area (Å²) < 4.78 is 0. The smallest absolute Gasteiger partial charge is 0.232 e. The maximum Gasteiger partial charge on any atom is 0.232 e. The first-order chi connectivity index (χ1) is 8.53. The molecule has 1 amide bonds. The molecule has 0 unspecified atom stereocenters. The molecule has 2 N–H and O–H groups in total. The Morgan fingerprint density at radius 3 is 2.67 bits per heavy atom. The fraction of sp³-hybridized carbons (Fsp3) is 0.500. The normalized spacial score (nSPS) is 18.3. The van der Waals surface area contributed by atoms with E-state index in [1.165, 1.54) is 0 Å². The minimum Gasteiger partial charge on any atom is -0.508 e. The van der Waals surface area contributed by atoms with Crippen molar-refractivity contribution >= 4 is 11.6 Å². The van der Waals surface area contributed by atoms with Crippen molar-refractivity contribution in [3.63, 3.8) is 0 Å². The molecular formula is C14H20N2O2. The van der Waals surface area contributed by atoms with Gasteiger partial charge in [0.05, 0.1) is 0 Å². The van der Waals surface area contributed by atoms with E-state index < -0.39 is 0 Å². The Morgan fingerprint density at radius 1 is 1.39 bits per heavy atom. The van der Waals surface area contributed by atoms with Crippen molar-refractivity contribution in [3.8, 4) is 5.75 Å². The molecule has 0 aromatic heterocycles. The van der Waals surface area contributed by atoms with Crippen LogP contribution in [0.5, 0.6) is 5.75 Å². The molecule has 1 saturated heterocycles. The average molecular weight is 248 g/mol. The third-order valence-electron chi connectivity index (χ3n) is 3.75. The highest BCUT2D eigenvalue weighted by Gasteiger charge is 2.36. The van der Waals surface area contributed by atoms with Crippen molar-refractivity contribution < 1.29 is 9.90 Å². The second-order valence-electron chi connectivity index (χ2n) is 5.19. The number of rotatable bonds is 2. The second kappa shape index (κ2) is 4.98. The molecule has 1 aliphatic rings. The van der Waals surface area contributed by atoms with Gasteiger partial charge in [0, 0.05) is 24.2 Å². The molecule has 2 rings (SSSR count). The van der Waals surface area contributed by atoms with Crippen molar-refractivity contribution in [2.45, 2.75) is 19.8 Å².